The number of hydrogen-bond donors (Lipinski definition) is 4. The summed E-state index contributed by atoms with van der Waals surface area (Å²) in [5, 5.41) is 11.9. The maximum Gasteiger partial charge on any atom is 0.313 e. The van der Waals surface area contributed by atoms with Crippen molar-refractivity contribution in [3.8, 4) is 0 Å². The highest BCUT2D eigenvalue weighted by Gasteiger charge is 2.21. The van der Waals surface area contributed by atoms with E-state index in [1.807, 2.05) is 13.0 Å². The van der Waals surface area contributed by atoms with Gasteiger partial charge in [-0.2, -0.15) is 5.10 Å². The van der Waals surface area contributed by atoms with Crippen LogP contribution in [0, 0.1) is 6.92 Å². The Balaban J connectivity index is 2.08. The zero-order valence-electron chi connectivity index (χ0n) is 11.6. The van der Waals surface area contributed by atoms with Gasteiger partial charge in [0.25, 0.3) is 0 Å². The quantitative estimate of drug-likeness (QED) is 0.650. The summed E-state index contributed by atoms with van der Waals surface area (Å²) in [4.78, 5) is 23.4. The fraction of sp³-hybridized carbons (Fsp3) is 0.214. The van der Waals surface area contributed by atoms with Crippen LogP contribution in [-0.2, 0) is 11.3 Å². The predicted molar refractivity (Wildman–Crippen MR) is 77.1 cm³/mol. The minimum Gasteiger partial charge on any atom is -0.352 e. The first-order valence-electron chi connectivity index (χ1n) is 6.45. The Morgan fingerprint density at radius 1 is 1.33 bits per heavy atom. The number of benzene rings is 1. The van der Waals surface area contributed by atoms with Crippen LogP contribution in [0.5, 0.6) is 0 Å². The van der Waals surface area contributed by atoms with E-state index in [9.17, 15) is 9.59 Å². The van der Waals surface area contributed by atoms with Gasteiger partial charge in [-0.3, -0.25) is 9.89 Å². The highest BCUT2D eigenvalue weighted by Crippen LogP contribution is 2.13. The monoisotopic (exact) mass is 287 g/mol. The average Bonchev–Trinajstić information content (AvgIpc) is 2.88. The molecule has 7 nitrogen and oxygen atoms in total. The number of rotatable bonds is 5. The van der Waals surface area contributed by atoms with E-state index < -0.39 is 12.1 Å². The van der Waals surface area contributed by atoms with E-state index in [1.165, 1.54) is 0 Å². The molecule has 0 aliphatic heterocycles. The van der Waals surface area contributed by atoms with Gasteiger partial charge in [-0.1, -0.05) is 30.3 Å². The molecule has 0 saturated carbocycles. The zero-order valence-corrected chi connectivity index (χ0v) is 11.6. The van der Waals surface area contributed by atoms with Crippen molar-refractivity contribution in [3.63, 3.8) is 0 Å². The maximum atomic E-state index is 12.3. The average molecular weight is 287 g/mol. The lowest BCUT2D eigenvalue weighted by atomic mass is 10.1. The molecule has 1 aromatic carbocycles. The number of carbonyl (C=O) groups is 2. The first-order chi connectivity index (χ1) is 10.1. The SMILES string of the molecule is Cc1[nH]ncc1CNC(=O)C(NC(N)=O)c1ccccc1. The predicted octanol–water partition coefficient (Wildman–Crippen LogP) is 0.744. The van der Waals surface area contributed by atoms with Crippen LogP contribution in [0.4, 0.5) is 4.79 Å². The van der Waals surface area contributed by atoms with E-state index in [-0.39, 0.29) is 5.91 Å². The van der Waals surface area contributed by atoms with Gasteiger partial charge >= 0.3 is 6.03 Å². The van der Waals surface area contributed by atoms with E-state index >= 15 is 0 Å². The molecule has 110 valence electrons. The third-order valence-corrected chi connectivity index (χ3v) is 3.07. The Morgan fingerprint density at radius 3 is 2.62 bits per heavy atom. The third kappa shape index (κ3) is 3.82. The summed E-state index contributed by atoms with van der Waals surface area (Å²) in [6.45, 7) is 2.19. The van der Waals surface area contributed by atoms with Crippen LogP contribution in [-0.4, -0.2) is 22.1 Å². The molecule has 0 aliphatic carbocycles. The lowest BCUT2D eigenvalue weighted by Gasteiger charge is -2.17. The molecule has 1 aromatic heterocycles. The fourth-order valence-electron chi connectivity index (χ4n) is 1.93. The van der Waals surface area contributed by atoms with Crippen molar-refractivity contribution in [2.45, 2.75) is 19.5 Å². The minimum absolute atomic E-state index is 0.324. The second kappa shape index (κ2) is 6.56. The van der Waals surface area contributed by atoms with Crippen LogP contribution in [0.2, 0.25) is 0 Å². The summed E-state index contributed by atoms with van der Waals surface area (Å²) in [6.07, 6.45) is 1.65. The van der Waals surface area contributed by atoms with Gasteiger partial charge in [0, 0.05) is 17.8 Å². The highest BCUT2D eigenvalue weighted by molar-refractivity contribution is 5.87. The first-order valence-corrected chi connectivity index (χ1v) is 6.45. The Hall–Kier alpha value is -2.83. The molecule has 7 heteroatoms. The lowest BCUT2D eigenvalue weighted by Crippen LogP contribution is -2.42. The van der Waals surface area contributed by atoms with E-state index in [0.717, 1.165) is 11.3 Å². The standard InChI is InChI=1S/C14H17N5O2/c1-9-11(8-17-19-9)7-16-13(20)12(18-14(15)21)10-5-3-2-4-6-10/h2-6,8,12H,7H2,1H3,(H,16,20)(H,17,19)(H3,15,18,21). The molecule has 3 amide bonds. The number of aromatic nitrogens is 2. The number of aromatic amines is 1. The van der Waals surface area contributed by atoms with E-state index in [2.05, 4.69) is 20.8 Å². The van der Waals surface area contributed by atoms with Gasteiger partial charge in [-0.25, -0.2) is 4.79 Å². The normalized spacial score (nSPS) is 11.7. The summed E-state index contributed by atoms with van der Waals surface area (Å²) >= 11 is 0. The molecule has 0 bridgehead atoms. The number of amides is 3. The van der Waals surface area contributed by atoms with Gasteiger partial charge in [0.15, 0.2) is 0 Å². The summed E-state index contributed by atoms with van der Waals surface area (Å²) in [7, 11) is 0. The maximum absolute atomic E-state index is 12.3. The van der Waals surface area contributed by atoms with Crippen molar-refractivity contribution >= 4 is 11.9 Å². The number of nitrogens with two attached hydrogens (primary N) is 1. The van der Waals surface area contributed by atoms with Gasteiger partial charge in [-0.15, -0.1) is 0 Å². The van der Waals surface area contributed by atoms with Gasteiger partial charge in [0.1, 0.15) is 6.04 Å². The van der Waals surface area contributed by atoms with Gasteiger partial charge in [-0.05, 0) is 12.5 Å². The molecule has 1 unspecified atom stereocenters. The smallest absolute Gasteiger partial charge is 0.313 e. The topological polar surface area (TPSA) is 113 Å². The third-order valence-electron chi connectivity index (χ3n) is 3.07. The largest absolute Gasteiger partial charge is 0.352 e. The van der Waals surface area contributed by atoms with Crippen LogP contribution in [0.15, 0.2) is 36.5 Å². The molecule has 2 aromatic rings. The minimum atomic E-state index is -0.823. The van der Waals surface area contributed by atoms with Gasteiger partial charge < -0.3 is 16.4 Å². The van der Waals surface area contributed by atoms with Crippen LogP contribution >= 0.6 is 0 Å². The van der Waals surface area contributed by atoms with Crippen LogP contribution in [0.1, 0.15) is 22.9 Å². The summed E-state index contributed by atoms with van der Waals surface area (Å²) in [5.41, 5.74) is 7.57. The molecule has 1 atom stereocenters. The first kappa shape index (κ1) is 14.6. The second-order valence-electron chi connectivity index (χ2n) is 4.59. The van der Waals surface area contributed by atoms with Gasteiger partial charge in [0.2, 0.25) is 5.91 Å². The van der Waals surface area contributed by atoms with Crippen molar-refractivity contribution < 1.29 is 9.59 Å². The number of nitrogens with zero attached hydrogens (tertiary/aromatic N) is 1. The number of aryl methyl sites for hydroxylation is 1. The molecule has 21 heavy (non-hydrogen) atoms. The van der Waals surface area contributed by atoms with Crippen molar-refractivity contribution in [3.05, 3.63) is 53.3 Å². The number of H-pyrrole nitrogens is 1. The number of nitrogens with one attached hydrogen (secondary N) is 3. The van der Waals surface area contributed by atoms with E-state index in [0.29, 0.717) is 12.1 Å². The molecule has 0 spiro atoms. The Kier molecular flexibility index (Phi) is 4.55. The van der Waals surface area contributed by atoms with Crippen molar-refractivity contribution in [1.82, 2.24) is 20.8 Å². The molecule has 0 aliphatic rings. The molecule has 0 radical (unpaired) electrons. The van der Waals surface area contributed by atoms with Crippen LogP contribution < -0.4 is 16.4 Å². The summed E-state index contributed by atoms with van der Waals surface area (Å²) < 4.78 is 0. The Morgan fingerprint density at radius 2 is 2.05 bits per heavy atom. The summed E-state index contributed by atoms with van der Waals surface area (Å²) in [5.74, 6) is -0.333. The second-order valence-corrected chi connectivity index (χ2v) is 4.59. The van der Waals surface area contributed by atoms with E-state index in [1.54, 1.807) is 30.5 Å². The van der Waals surface area contributed by atoms with E-state index in [4.69, 9.17) is 5.73 Å². The molecule has 0 saturated heterocycles. The molecular formula is C14H17N5O2. The number of primary amides is 1. The Labute approximate surface area is 121 Å². The number of urea groups is 1. The molecular weight excluding hydrogens is 270 g/mol. The molecule has 1 heterocycles. The fourth-order valence-corrected chi connectivity index (χ4v) is 1.93. The molecule has 5 N–H and O–H groups in total. The number of hydrogen-bond acceptors (Lipinski definition) is 3. The van der Waals surface area contributed by atoms with Crippen molar-refractivity contribution in [2.75, 3.05) is 0 Å². The molecule has 0 fully saturated rings. The van der Waals surface area contributed by atoms with Crippen LogP contribution in [0.25, 0.3) is 0 Å². The zero-order chi connectivity index (χ0) is 15.2. The Bertz CT molecular complexity index is 623. The van der Waals surface area contributed by atoms with Crippen molar-refractivity contribution in [1.29, 1.82) is 0 Å². The van der Waals surface area contributed by atoms with Gasteiger partial charge in [0.05, 0.1) is 6.20 Å². The van der Waals surface area contributed by atoms with Crippen LogP contribution in [0.3, 0.4) is 0 Å². The van der Waals surface area contributed by atoms with Crippen molar-refractivity contribution in [2.24, 2.45) is 5.73 Å². The molecule has 2 rings (SSSR count). The summed E-state index contributed by atoms with van der Waals surface area (Å²) in [6, 6.07) is 7.34. The lowest BCUT2D eigenvalue weighted by molar-refractivity contribution is -0.123. The highest BCUT2D eigenvalue weighted by atomic mass is 16.2. The number of carbonyl (C=O) groups excluding carboxylic acids is 2.